The van der Waals surface area contributed by atoms with Crippen molar-refractivity contribution in [2.75, 3.05) is 39.3 Å². The van der Waals surface area contributed by atoms with Gasteiger partial charge in [0, 0.05) is 26.2 Å². The van der Waals surface area contributed by atoms with E-state index in [2.05, 4.69) is 15.6 Å². The van der Waals surface area contributed by atoms with Crippen LogP contribution in [-0.4, -0.2) is 131 Å². The summed E-state index contributed by atoms with van der Waals surface area (Å²) in [5, 5.41) is 14.8. The highest BCUT2D eigenvalue weighted by Crippen LogP contribution is 2.23. The first-order valence-corrected chi connectivity index (χ1v) is 16.2. The highest BCUT2D eigenvalue weighted by atomic mass is 16.4. The molecule has 3 saturated heterocycles. The molecule has 0 bridgehead atoms. The van der Waals surface area contributed by atoms with E-state index in [0.29, 0.717) is 77.4 Å². The molecule has 258 valence electrons. The summed E-state index contributed by atoms with van der Waals surface area (Å²) in [6, 6.07) is -4.36. The van der Waals surface area contributed by atoms with E-state index >= 15 is 0 Å². The second-order valence-electron chi connectivity index (χ2n) is 12.1. The summed E-state index contributed by atoms with van der Waals surface area (Å²) in [5.41, 5.74) is 22.5. The topological polar surface area (TPSA) is 273 Å². The minimum atomic E-state index is -1.09. The van der Waals surface area contributed by atoms with Crippen LogP contribution in [0.15, 0.2) is 4.99 Å². The molecule has 0 aromatic rings. The number of nitrogens with two attached hydrogens (primary N) is 4. The second kappa shape index (κ2) is 17.6. The van der Waals surface area contributed by atoms with Gasteiger partial charge in [0.05, 0.1) is 12.6 Å². The van der Waals surface area contributed by atoms with Crippen molar-refractivity contribution in [1.29, 1.82) is 0 Å². The van der Waals surface area contributed by atoms with Crippen molar-refractivity contribution in [2.45, 2.75) is 101 Å². The lowest BCUT2D eigenvalue weighted by molar-refractivity contribution is -0.148. The molecule has 0 radical (unpaired) electrons. The fourth-order valence-corrected chi connectivity index (χ4v) is 6.38. The van der Waals surface area contributed by atoms with Gasteiger partial charge in [-0.15, -0.1) is 0 Å². The molecule has 17 nitrogen and oxygen atoms in total. The van der Waals surface area contributed by atoms with Gasteiger partial charge in [-0.25, -0.2) is 4.79 Å². The maximum atomic E-state index is 13.9. The van der Waals surface area contributed by atoms with E-state index in [1.165, 1.54) is 14.7 Å². The minimum Gasteiger partial charge on any atom is -0.480 e. The molecule has 3 aliphatic rings. The van der Waals surface area contributed by atoms with Crippen LogP contribution in [0.1, 0.15) is 70.6 Å². The Morgan fingerprint density at radius 3 is 1.98 bits per heavy atom. The first-order valence-electron chi connectivity index (χ1n) is 16.2. The van der Waals surface area contributed by atoms with E-state index in [1.807, 2.05) is 0 Å². The van der Waals surface area contributed by atoms with Gasteiger partial charge in [0.25, 0.3) is 0 Å². The molecule has 5 amide bonds. The molecule has 0 aromatic heterocycles. The predicted molar refractivity (Wildman–Crippen MR) is 168 cm³/mol. The monoisotopic (exact) mass is 650 g/mol. The van der Waals surface area contributed by atoms with Crippen molar-refractivity contribution < 1.29 is 33.9 Å². The quantitative estimate of drug-likeness (QED) is 0.0507. The fourth-order valence-electron chi connectivity index (χ4n) is 6.38. The number of hydrogen-bond acceptors (Lipinski definition) is 9. The average Bonchev–Trinajstić information content (AvgIpc) is 3.81. The zero-order valence-electron chi connectivity index (χ0n) is 26.4. The first-order chi connectivity index (χ1) is 22.0. The number of carboxylic acid groups (broad SMARTS) is 1. The maximum Gasteiger partial charge on any atom is 0.326 e. The molecule has 0 spiro atoms. The molecule has 0 aromatic carbocycles. The van der Waals surface area contributed by atoms with Gasteiger partial charge in [-0.1, -0.05) is 6.42 Å². The van der Waals surface area contributed by atoms with Crippen LogP contribution in [0.25, 0.3) is 0 Å². The van der Waals surface area contributed by atoms with E-state index in [0.717, 1.165) is 6.42 Å². The van der Waals surface area contributed by atoms with Gasteiger partial charge in [-0.3, -0.25) is 29.0 Å². The second-order valence-corrected chi connectivity index (χ2v) is 12.1. The van der Waals surface area contributed by atoms with E-state index in [4.69, 9.17) is 22.9 Å². The summed E-state index contributed by atoms with van der Waals surface area (Å²) < 4.78 is 0. The van der Waals surface area contributed by atoms with Crippen LogP contribution in [0.5, 0.6) is 0 Å². The number of amides is 5. The average molecular weight is 651 g/mol. The first kappa shape index (κ1) is 36.5. The largest absolute Gasteiger partial charge is 0.480 e. The number of hydrogen-bond donors (Lipinski definition) is 7. The molecule has 46 heavy (non-hydrogen) atoms. The van der Waals surface area contributed by atoms with Gasteiger partial charge in [0.15, 0.2) is 5.96 Å². The maximum absolute atomic E-state index is 13.9. The highest BCUT2D eigenvalue weighted by molar-refractivity contribution is 5.96. The van der Waals surface area contributed by atoms with Crippen molar-refractivity contribution in [3.63, 3.8) is 0 Å². The molecule has 3 fully saturated rings. The molecule has 5 atom stereocenters. The summed E-state index contributed by atoms with van der Waals surface area (Å²) in [4.78, 5) is 85.9. The van der Waals surface area contributed by atoms with Crippen LogP contribution < -0.4 is 33.6 Å². The Kier molecular flexibility index (Phi) is 14.0. The lowest BCUT2D eigenvalue weighted by atomic mass is 10.1. The van der Waals surface area contributed by atoms with E-state index in [9.17, 15) is 33.9 Å². The predicted octanol–water partition coefficient (Wildman–Crippen LogP) is -2.85. The molecule has 17 heteroatoms. The third kappa shape index (κ3) is 9.75. The lowest BCUT2D eigenvalue weighted by Crippen LogP contribution is -2.57. The number of aliphatic imine (C=N–C) groups is 1. The van der Waals surface area contributed by atoms with Crippen molar-refractivity contribution in [1.82, 2.24) is 25.3 Å². The Labute approximate surface area is 268 Å². The van der Waals surface area contributed by atoms with Gasteiger partial charge >= 0.3 is 5.97 Å². The van der Waals surface area contributed by atoms with Gasteiger partial charge in [0.2, 0.25) is 29.5 Å². The summed E-state index contributed by atoms with van der Waals surface area (Å²) in [6.45, 7) is 1.27. The van der Waals surface area contributed by atoms with Crippen LogP contribution in [-0.2, 0) is 28.8 Å². The highest BCUT2D eigenvalue weighted by Gasteiger charge is 2.41. The zero-order chi connectivity index (χ0) is 33.8. The molecule has 0 aliphatic carbocycles. The molecule has 3 heterocycles. The van der Waals surface area contributed by atoms with Gasteiger partial charge in [-0.05, 0) is 70.8 Å². The molecule has 0 unspecified atom stereocenters. The van der Waals surface area contributed by atoms with E-state index in [-0.39, 0.29) is 37.9 Å². The lowest BCUT2D eigenvalue weighted by Gasteiger charge is -2.31. The summed E-state index contributed by atoms with van der Waals surface area (Å²) in [5.74, 6) is -3.51. The Morgan fingerprint density at radius 1 is 0.783 bits per heavy atom. The Balaban J connectivity index is 1.67. The van der Waals surface area contributed by atoms with E-state index < -0.39 is 59.8 Å². The van der Waals surface area contributed by atoms with Crippen LogP contribution in [0.4, 0.5) is 0 Å². The number of guanidine groups is 1. The van der Waals surface area contributed by atoms with E-state index in [1.54, 1.807) is 0 Å². The van der Waals surface area contributed by atoms with Crippen molar-refractivity contribution in [2.24, 2.45) is 27.9 Å². The molecule has 11 N–H and O–H groups in total. The Hall–Kier alpha value is -3.99. The third-order valence-corrected chi connectivity index (χ3v) is 8.80. The summed E-state index contributed by atoms with van der Waals surface area (Å²) >= 11 is 0. The Bertz CT molecular complexity index is 1150. The zero-order valence-corrected chi connectivity index (χ0v) is 26.4. The molecule has 0 saturated carbocycles. The van der Waals surface area contributed by atoms with Gasteiger partial charge < -0.3 is 53.4 Å². The van der Waals surface area contributed by atoms with Crippen LogP contribution in [0.2, 0.25) is 0 Å². The minimum absolute atomic E-state index is 0.107. The molecule has 3 aliphatic heterocycles. The number of unbranched alkanes of at least 4 members (excludes halogenated alkanes) is 1. The van der Waals surface area contributed by atoms with Gasteiger partial charge in [-0.2, -0.15) is 0 Å². The van der Waals surface area contributed by atoms with Crippen LogP contribution in [0.3, 0.4) is 0 Å². The number of carbonyl (C=O) groups is 6. The van der Waals surface area contributed by atoms with Crippen molar-refractivity contribution >= 4 is 41.5 Å². The van der Waals surface area contributed by atoms with Gasteiger partial charge in [0.1, 0.15) is 24.2 Å². The number of nitrogens with zero attached hydrogens (tertiary/aromatic N) is 4. The molecular formula is C29H50N10O7. The van der Waals surface area contributed by atoms with Crippen LogP contribution in [0, 0.1) is 0 Å². The normalized spacial score (nSPS) is 22.3. The number of carbonyl (C=O) groups excluding carboxylic acids is 5. The standard InChI is InChI=1S/C29H50N10O7/c30-12-2-1-7-18(31)26(43)38-15-5-10-21(38)25(42)36-19(8-3-13-34-29(32)33)27(44)39-16-4-9-20(39)24(41)35-17-23(40)37-14-6-11-22(37)28(45)46/h18-22H,1-17,30-31H2,(H,35,41)(H,36,42)(H,45,46)(H4,32,33,34)/t18-,19-,20-,21-,22-/m0/s1. The van der Waals surface area contributed by atoms with Crippen molar-refractivity contribution in [3.8, 4) is 0 Å². The fraction of sp³-hybridized carbons (Fsp3) is 0.759. The number of likely N-dealkylation sites (tertiary alicyclic amines) is 3. The number of nitrogens with one attached hydrogen (secondary N) is 2. The van der Waals surface area contributed by atoms with Crippen molar-refractivity contribution in [3.05, 3.63) is 0 Å². The summed E-state index contributed by atoms with van der Waals surface area (Å²) in [7, 11) is 0. The molecular weight excluding hydrogens is 600 g/mol. The number of rotatable bonds is 16. The Morgan fingerprint density at radius 2 is 1.37 bits per heavy atom. The summed E-state index contributed by atoms with van der Waals surface area (Å²) in [6.07, 6.45) is 5.26. The SMILES string of the molecule is NCCCC[C@H](N)C(=O)N1CCC[C@H]1C(=O)N[C@@H](CCCN=C(N)N)C(=O)N1CCC[C@H]1C(=O)NCC(=O)N1CCC[C@H]1C(=O)O. The third-order valence-electron chi connectivity index (χ3n) is 8.80. The number of carboxylic acids is 1. The smallest absolute Gasteiger partial charge is 0.326 e. The van der Waals surface area contributed by atoms with Crippen LogP contribution >= 0.6 is 0 Å². The number of aliphatic carboxylic acids is 1. The molecule has 3 rings (SSSR count).